The van der Waals surface area contributed by atoms with E-state index in [2.05, 4.69) is 10.6 Å². The van der Waals surface area contributed by atoms with E-state index in [1.54, 1.807) is 0 Å². The van der Waals surface area contributed by atoms with Crippen molar-refractivity contribution in [2.24, 2.45) is 11.7 Å². The molecule has 0 radical (unpaired) electrons. The molecule has 0 unspecified atom stereocenters. The SMILES string of the molecule is Br.CC(C)CC(=O)Nc1ccc(NCCCCN)cc1. The van der Waals surface area contributed by atoms with Gasteiger partial charge in [0.15, 0.2) is 0 Å². The molecule has 0 saturated heterocycles. The Morgan fingerprint density at radius 1 is 1.15 bits per heavy atom. The highest BCUT2D eigenvalue weighted by atomic mass is 79.9. The summed E-state index contributed by atoms with van der Waals surface area (Å²) in [5.41, 5.74) is 7.35. The molecule has 0 spiro atoms. The number of rotatable bonds is 8. The van der Waals surface area contributed by atoms with Crippen LogP contribution in [0.3, 0.4) is 0 Å². The molecule has 0 heterocycles. The third-order valence-corrected chi connectivity index (χ3v) is 2.72. The first kappa shape index (κ1) is 18.9. The Morgan fingerprint density at radius 3 is 2.30 bits per heavy atom. The number of anilines is 2. The monoisotopic (exact) mass is 343 g/mol. The number of carbonyl (C=O) groups excluding carboxylic acids is 1. The van der Waals surface area contributed by atoms with Crippen LogP contribution in [0.5, 0.6) is 0 Å². The number of hydrogen-bond acceptors (Lipinski definition) is 3. The van der Waals surface area contributed by atoms with Crippen LogP contribution >= 0.6 is 17.0 Å². The predicted molar refractivity (Wildman–Crippen MR) is 91.6 cm³/mol. The Balaban J connectivity index is 0.00000361. The fraction of sp³-hybridized carbons (Fsp3) is 0.533. The van der Waals surface area contributed by atoms with Crippen LogP contribution in [-0.4, -0.2) is 19.0 Å². The minimum Gasteiger partial charge on any atom is -0.385 e. The highest BCUT2D eigenvalue weighted by molar-refractivity contribution is 8.93. The summed E-state index contributed by atoms with van der Waals surface area (Å²) >= 11 is 0. The molecular weight excluding hydrogens is 318 g/mol. The van der Waals surface area contributed by atoms with E-state index in [9.17, 15) is 4.79 Å². The van der Waals surface area contributed by atoms with Crippen LogP contribution in [0.2, 0.25) is 0 Å². The first-order valence-corrected chi connectivity index (χ1v) is 6.95. The van der Waals surface area contributed by atoms with Gasteiger partial charge < -0.3 is 16.4 Å². The van der Waals surface area contributed by atoms with E-state index in [4.69, 9.17) is 5.73 Å². The number of amides is 1. The second-order valence-corrected chi connectivity index (χ2v) is 5.15. The lowest BCUT2D eigenvalue weighted by Crippen LogP contribution is -2.13. The molecular formula is C15H26BrN3O. The lowest BCUT2D eigenvalue weighted by atomic mass is 10.1. The van der Waals surface area contributed by atoms with Crippen molar-refractivity contribution >= 4 is 34.3 Å². The molecule has 0 bridgehead atoms. The molecule has 114 valence electrons. The lowest BCUT2D eigenvalue weighted by Gasteiger charge is -2.09. The van der Waals surface area contributed by atoms with E-state index in [0.717, 1.165) is 37.3 Å². The number of unbranched alkanes of at least 4 members (excludes halogenated alkanes) is 1. The van der Waals surface area contributed by atoms with E-state index in [1.807, 2.05) is 38.1 Å². The van der Waals surface area contributed by atoms with Crippen molar-refractivity contribution in [2.45, 2.75) is 33.1 Å². The highest BCUT2D eigenvalue weighted by Crippen LogP contribution is 2.14. The summed E-state index contributed by atoms with van der Waals surface area (Å²) in [5, 5.41) is 6.22. The molecule has 0 fully saturated rings. The predicted octanol–water partition coefficient (Wildman–Crippen LogP) is 3.40. The molecule has 0 aliphatic rings. The first-order valence-electron chi connectivity index (χ1n) is 6.95. The van der Waals surface area contributed by atoms with Gasteiger partial charge in [-0.2, -0.15) is 0 Å². The molecule has 20 heavy (non-hydrogen) atoms. The minimum absolute atomic E-state index is 0. The van der Waals surface area contributed by atoms with Gasteiger partial charge in [0.1, 0.15) is 0 Å². The van der Waals surface area contributed by atoms with Gasteiger partial charge in [0, 0.05) is 24.3 Å². The van der Waals surface area contributed by atoms with Crippen molar-refractivity contribution in [3.05, 3.63) is 24.3 Å². The number of halogens is 1. The molecule has 0 atom stereocenters. The summed E-state index contributed by atoms with van der Waals surface area (Å²) < 4.78 is 0. The molecule has 0 aromatic heterocycles. The van der Waals surface area contributed by atoms with Crippen LogP contribution in [0, 0.1) is 5.92 Å². The van der Waals surface area contributed by atoms with Crippen LogP contribution < -0.4 is 16.4 Å². The van der Waals surface area contributed by atoms with Crippen LogP contribution in [-0.2, 0) is 4.79 Å². The largest absolute Gasteiger partial charge is 0.385 e. The standard InChI is InChI=1S/C15H25N3O.BrH/c1-12(2)11-15(19)18-14-7-5-13(6-8-14)17-10-4-3-9-16;/h5-8,12,17H,3-4,9-11,16H2,1-2H3,(H,18,19);1H. The van der Waals surface area contributed by atoms with Gasteiger partial charge in [-0.05, 0) is 49.6 Å². The first-order chi connectivity index (χ1) is 9.11. The zero-order valence-electron chi connectivity index (χ0n) is 12.3. The maximum atomic E-state index is 11.6. The van der Waals surface area contributed by atoms with Gasteiger partial charge in [0.05, 0.1) is 0 Å². The summed E-state index contributed by atoms with van der Waals surface area (Å²) in [7, 11) is 0. The fourth-order valence-corrected chi connectivity index (χ4v) is 1.76. The van der Waals surface area contributed by atoms with Gasteiger partial charge in [-0.3, -0.25) is 4.79 Å². The van der Waals surface area contributed by atoms with Gasteiger partial charge in [-0.25, -0.2) is 0 Å². The topological polar surface area (TPSA) is 67.2 Å². The maximum Gasteiger partial charge on any atom is 0.224 e. The molecule has 0 saturated carbocycles. The third kappa shape index (κ3) is 8.17. The average Bonchev–Trinajstić information content (AvgIpc) is 2.35. The molecule has 5 heteroatoms. The Morgan fingerprint density at radius 2 is 1.75 bits per heavy atom. The van der Waals surface area contributed by atoms with Crippen LogP contribution in [0.25, 0.3) is 0 Å². The van der Waals surface area contributed by atoms with Crippen molar-refractivity contribution in [3.8, 4) is 0 Å². The summed E-state index contributed by atoms with van der Waals surface area (Å²) in [6, 6.07) is 7.80. The Hall–Kier alpha value is -1.07. The van der Waals surface area contributed by atoms with Crippen molar-refractivity contribution in [3.63, 3.8) is 0 Å². The van der Waals surface area contributed by atoms with Crippen molar-refractivity contribution in [2.75, 3.05) is 23.7 Å². The molecule has 0 aliphatic carbocycles. The zero-order valence-corrected chi connectivity index (χ0v) is 14.0. The van der Waals surface area contributed by atoms with Gasteiger partial charge in [-0.1, -0.05) is 13.8 Å². The van der Waals surface area contributed by atoms with Gasteiger partial charge in [0.2, 0.25) is 5.91 Å². The van der Waals surface area contributed by atoms with Crippen LogP contribution in [0.4, 0.5) is 11.4 Å². The molecule has 4 nitrogen and oxygen atoms in total. The van der Waals surface area contributed by atoms with Crippen LogP contribution in [0.15, 0.2) is 24.3 Å². The van der Waals surface area contributed by atoms with Crippen LogP contribution in [0.1, 0.15) is 33.1 Å². The fourth-order valence-electron chi connectivity index (χ4n) is 1.76. The van der Waals surface area contributed by atoms with Crippen molar-refractivity contribution in [1.82, 2.24) is 0 Å². The molecule has 1 aromatic rings. The van der Waals surface area contributed by atoms with E-state index < -0.39 is 0 Å². The normalized spacial score (nSPS) is 10.0. The Bertz CT molecular complexity index is 379. The van der Waals surface area contributed by atoms with E-state index in [-0.39, 0.29) is 22.9 Å². The van der Waals surface area contributed by atoms with E-state index in [0.29, 0.717) is 12.3 Å². The second kappa shape index (κ2) is 10.7. The zero-order chi connectivity index (χ0) is 14.1. The van der Waals surface area contributed by atoms with Gasteiger partial charge in [0.25, 0.3) is 0 Å². The number of nitrogens with one attached hydrogen (secondary N) is 2. The molecule has 1 aromatic carbocycles. The average molecular weight is 344 g/mol. The number of carbonyl (C=O) groups is 1. The number of benzene rings is 1. The summed E-state index contributed by atoms with van der Waals surface area (Å²) in [5.74, 6) is 0.446. The quantitative estimate of drug-likeness (QED) is 0.633. The van der Waals surface area contributed by atoms with Crippen molar-refractivity contribution < 1.29 is 4.79 Å². The number of nitrogens with two attached hydrogens (primary N) is 1. The van der Waals surface area contributed by atoms with Crippen molar-refractivity contribution in [1.29, 1.82) is 0 Å². The summed E-state index contributed by atoms with van der Waals surface area (Å²) in [6.45, 7) is 5.74. The number of hydrogen-bond donors (Lipinski definition) is 3. The third-order valence-electron chi connectivity index (χ3n) is 2.72. The van der Waals surface area contributed by atoms with E-state index in [1.165, 1.54) is 0 Å². The van der Waals surface area contributed by atoms with Gasteiger partial charge >= 0.3 is 0 Å². The Kier molecular flexibility index (Phi) is 10.1. The minimum atomic E-state index is 0. The van der Waals surface area contributed by atoms with E-state index >= 15 is 0 Å². The molecule has 1 rings (SSSR count). The maximum absolute atomic E-state index is 11.6. The smallest absolute Gasteiger partial charge is 0.224 e. The Labute approximate surface area is 132 Å². The van der Waals surface area contributed by atoms with Gasteiger partial charge in [-0.15, -0.1) is 17.0 Å². The summed E-state index contributed by atoms with van der Waals surface area (Å²) in [6.07, 6.45) is 2.67. The summed E-state index contributed by atoms with van der Waals surface area (Å²) in [4.78, 5) is 11.6. The second-order valence-electron chi connectivity index (χ2n) is 5.15. The molecule has 0 aliphatic heterocycles. The molecule has 4 N–H and O–H groups in total. The molecule has 1 amide bonds. The highest BCUT2D eigenvalue weighted by Gasteiger charge is 2.04. The lowest BCUT2D eigenvalue weighted by molar-refractivity contribution is -0.116.